The molecule has 190 valence electrons. The third-order valence-corrected chi connectivity index (χ3v) is 8.36. The van der Waals surface area contributed by atoms with Gasteiger partial charge in [-0.1, -0.05) is 22.0 Å². The van der Waals surface area contributed by atoms with Crippen LogP contribution >= 0.6 is 15.9 Å². The first-order valence-electron chi connectivity index (χ1n) is 12.9. The Hall–Kier alpha value is -1.15. The van der Waals surface area contributed by atoms with E-state index in [0.717, 1.165) is 63.1 Å². The third kappa shape index (κ3) is 5.48. The number of carbonyl (C=O) groups excluding carboxylic acids is 1. The molecule has 7 heteroatoms. The monoisotopic (exact) mass is 535 g/mol. The Balaban J connectivity index is 1.40. The van der Waals surface area contributed by atoms with Crippen LogP contribution in [0, 0.1) is 0 Å². The van der Waals surface area contributed by atoms with Crippen molar-refractivity contribution in [1.82, 2.24) is 14.7 Å². The average molecular weight is 537 g/mol. The predicted octanol–water partition coefficient (Wildman–Crippen LogP) is 5.25. The van der Waals surface area contributed by atoms with Gasteiger partial charge in [0.25, 0.3) is 0 Å². The van der Waals surface area contributed by atoms with E-state index in [-0.39, 0.29) is 17.7 Å². The number of ether oxygens (including phenoxy) is 2. The van der Waals surface area contributed by atoms with Gasteiger partial charge in [0.1, 0.15) is 5.60 Å². The van der Waals surface area contributed by atoms with E-state index in [1.807, 2.05) is 25.7 Å². The smallest absolute Gasteiger partial charge is 0.410 e. The molecular formula is C27H42BrN3O3. The van der Waals surface area contributed by atoms with Gasteiger partial charge in [0.05, 0.1) is 12.1 Å². The SMILES string of the molecule is CCO[C@@H]1Cc2cc(Br)ccc2[C@H]1N1CCN(C2(C)CCN(C(=O)OC(C)(C)C)CC2)C[C@@H]1C. The molecule has 0 bridgehead atoms. The number of piperazine rings is 1. The summed E-state index contributed by atoms with van der Waals surface area (Å²) in [5.41, 5.74) is 2.52. The highest BCUT2D eigenvalue weighted by Gasteiger charge is 2.44. The molecule has 0 unspecified atom stereocenters. The van der Waals surface area contributed by atoms with Crippen LogP contribution in [0.1, 0.15) is 71.6 Å². The van der Waals surface area contributed by atoms with Crippen LogP contribution in [-0.2, 0) is 15.9 Å². The Labute approximate surface area is 214 Å². The molecule has 0 spiro atoms. The number of benzene rings is 1. The maximum Gasteiger partial charge on any atom is 0.410 e. The normalized spacial score (nSPS) is 28.1. The predicted molar refractivity (Wildman–Crippen MR) is 139 cm³/mol. The molecule has 1 aliphatic carbocycles. The minimum Gasteiger partial charge on any atom is -0.444 e. The van der Waals surface area contributed by atoms with E-state index in [1.165, 1.54) is 11.1 Å². The molecule has 1 amide bonds. The number of fused-ring (bicyclic) bond motifs is 1. The van der Waals surface area contributed by atoms with Gasteiger partial charge in [-0.3, -0.25) is 9.80 Å². The number of hydrogen-bond acceptors (Lipinski definition) is 5. The van der Waals surface area contributed by atoms with E-state index in [2.05, 4.69) is 64.7 Å². The Morgan fingerprint density at radius 1 is 1.18 bits per heavy atom. The molecule has 0 N–H and O–H groups in total. The Kier molecular flexibility index (Phi) is 7.68. The molecular weight excluding hydrogens is 494 g/mol. The number of likely N-dealkylation sites (tertiary alicyclic amines) is 1. The Morgan fingerprint density at radius 3 is 2.50 bits per heavy atom. The molecule has 2 aliphatic heterocycles. The van der Waals surface area contributed by atoms with Crippen molar-refractivity contribution in [3.8, 4) is 0 Å². The highest BCUT2D eigenvalue weighted by Crippen LogP contribution is 2.41. The molecule has 34 heavy (non-hydrogen) atoms. The van der Waals surface area contributed by atoms with E-state index in [0.29, 0.717) is 12.1 Å². The number of rotatable bonds is 4. The third-order valence-electron chi connectivity index (χ3n) is 7.87. The van der Waals surface area contributed by atoms with E-state index in [4.69, 9.17) is 9.47 Å². The number of carbonyl (C=O) groups is 1. The maximum atomic E-state index is 12.5. The second-order valence-corrected chi connectivity index (χ2v) is 12.4. The first kappa shape index (κ1) is 25.9. The van der Waals surface area contributed by atoms with E-state index in [1.54, 1.807) is 0 Å². The summed E-state index contributed by atoms with van der Waals surface area (Å²) in [7, 11) is 0. The van der Waals surface area contributed by atoms with Crippen molar-refractivity contribution in [3.63, 3.8) is 0 Å². The van der Waals surface area contributed by atoms with Gasteiger partial charge < -0.3 is 14.4 Å². The summed E-state index contributed by atoms with van der Waals surface area (Å²) in [4.78, 5) is 19.7. The summed E-state index contributed by atoms with van der Waals surface area (Å²) in [5, 5.41) is 0. The van der Waals surface area contributed by atoms with Crippen LogP contribution in [0.15, 0.2) is 22.7 Å². The van der Waals surface area contributed by atoms with Gasteiger partial charge in [-0.05, 0) is 77.6 Å². The molecule has 1 aromatic carbocycles. The number of amides is 1. The van der Waals surface area contributed by atoms with Crippen LogP contribution in [-0.4, -0.2) is 83.4 Å². The van der Waals surface area contributed by atoms with Gasteiger partial charge in [0.15, 0.2) is 0 Å². The summed E-state index contributed by atoms with van der Waals surface area (Å²) in [6.07, 6.45) is 3.00. The molecule has 4 rings (SSSR count). The van der Waals surface area contributed by atoms with Gasteiger partial charge in [-0.25, -0.2) is 4.79 Å². The van der Waals surface area contributed by atoms with Crippen molar-refractivity contribution < 1.29 is 14.3 Å². The second-order valence-electron chi connectivity index (χ2n) is 11.5. The fourth-order valence-electron chi connectivity index (χ4n) is 6.01. The van der Waals surface area contributed by atoms with Crippen LogP contribution in [0.25, 0.3) is 0 Å². The topological polar surface area (TPSA) is 45.2 Å². The van der Waals surface area contributed by atoms with Gasteiger partial charge in [-0.2, -0.15) is 0 Å². The lowest BCUT2D eigenvalue weighted by Gasteiger charge is -2.53. The van der Waals surface area contributed by atoms with Gasteiger partial charge in [0.2, 0.25) is 0 Å². The Bertz CT molecular complexity index is 878. The lowest BCUT2D eigenvalue weighted by molar-refractivity contribution is -0.0652. The zero-order chi connectivity index (χ0) is 24.7. The number of nitrogens with zero attached hydrogens (tertiary/aromatic N) is 3. The van der Waals surface area contributed by atoms with Crippen molar-refractivity contribution in [2.75, 3.05) is 39.3 Å². The zero-order valence-corrected chi connectivity index (χ0v) is 23.4. The van der Waals surface area contributed by atoms with E-state index in [9.17, 15) is 4.79 Å². The van der Waals surface area contributed by atoms with Crippen molar-refractivity contribution in [2.24, 2.45) is 0 Å². The molecule has 3 aliphatic rings. The van der Waals surface area contributed by atoms with Crippen LogP contribution in [0.3, 0.4) is 0 Å². The number of halogens is 1. The summed E-state index contributed by atoms with van der Waals surface area (Å²) in [5.74, 6) is 0. The lowest BCUT2D eigenvalue weighted by atomic mass is 9.86. The van der Waals surface area contributed by atoms with Crippen molar-refractivity contribution in [3.05, 3.63) is 33.8 Å². The highest BCUT2D eigenvalue weighted by molar-refractivity contribution is 9.10. The molecule has 2 fully saturated rings. The fraction of sp³-hybridized carbons (Fsp3) is 0.741. The van der Waals surface area contributed by atoms with Crippen molar-refractivity contribution in [1.29, 1.82) is 0 Å². The summed E-state index contributed by atoms with van der Waals surface area (Å²) < 4.78 is 13.0. The maximum absolute atomic E-state index is 12.5. The van der Waals surface area contributed by atoms with Gasteiger partial charge in [0, 0.05) is 61.8 Å². The largest absolute Gasteiger partial charge is 0.444 e. The molecule has 6 nitrogen and oxygen atoms in total. The summed E-state index contributed by atoms with van der Waals surface area (Å²) in [6, 6.07) is 7.48. The molecule has 2 saturated heterocycles. The lowest BCUT2D eigenvalue weighted by Crippen LogP contribution is -2.63. The summed E-state index contributed by atoms with van der Waals surface area (Å²) in [6.45, 7) is 18.0. The molecule has 0 radical (unpaired) electrons. The van der Waals surface area contributed by atoms with Crippen molar-refractivity contribution in [2.45, 2.75) is 90.1 Å². The van der Waals surface area contributed by atoms with Gasteiger partial charge in [-0.15, -0.1) is 0 Å². The second kappa shape index (κ2) is 10.1. The molecule has 0 aromatic heterocycles. The Morgan fingerprint density at radius 2 is 1.88 bits per heavy atom. The van der Waals surface area contributed by atoms with Crippen LogP contribution in [0.4, 0.5) is 4.79 Å². The zero-order valence-electron chi connectivity index (χ0n) is 21.8. The standard InChI is InChI=1S/C27H42BrN3O3/c1-7-33-23-17-20-16-21(28)8-9-22(20)24(23)31-15-14-30(18-19(31)2)27(6)10-12-29(13-11-27)25(32)34-26(3,4)5/h8-9,16,19,23-24H,7,10-15,17-18H2,1-6H3/t19-,23+,24+/m0/s1. The van der Waals surface area contributed by atoms with Gasteiger partial charge >= 0.3 is 6.09 Å². The average Bonchev–Trinajstić information content (AvgIpc) is 3.10. The number of piperidine rings is 1. The van der Waals surface area contributed by atoms with Crippen LogP contribution < -0.4 is 0 Å². The quantitative estimate of drug-likeness (QED) is 0.526. The van der Waals surface area contributed by atoms with E-state index < -0.39 is 5.60 Å². The summed E-state index contributed by atoms with van der Waals surface area (Å²) >= 11 is 3.64. The van der Waals surface area contributed by atoms with Crippen LogP contribution in [0.5, 0.6) is 0 Å². The minimum atomic E-state index is -0.447. The van der Waals surface area contributed by atoms with Crippen LogP contribution in [0.2, 0.25) is 0 Å². The van der Waals surface area contributed by atoms with E-state index >= 15 is 0 Å². The highest BCUT2D eigenvalue weighted by atomic mass is 79.9. The first-order chi connectivity index (χ1) is 16.0. The molecule has 3 atom stereocenters. The first-order valence-corrected chi connectivity index (χ1v) is 13.7. The van der Waals surface area contributed by atoms with Crippen molar-refractivity contribution >= 4 is 22.0 Å². The minimum absolute atomic E-state index is 0.122. The number of hydrogen-bond donors (Lipinski definition) is 0. The molecule has 0 saturated carbocycles. The fourth-order valence-corrected chi connectivity index (χ4v) is 6.42. The molecule has 1 aromatic rings. The molecule has 2 heterocycles.